The lowest BCUT2D eigenvalue weighted by molar-refractivity contribution is -0.0169. The van der Waals surface area contributed by atoms with Gasteiger partial charge in [-0.1, -0.05) is 6.07 Å². The van der Waals surface area contributed by atoms with Gasteiger partial charge in [-0.15, -0.1) is 0 Å². The average molecular weight is 314 g/mol. The van der Waals surface area contributed by atoms with Crippen molar-refractivity contribution in [3.8, 4) is 28.7 Å². The summed E-state index contributed by atoms with van der Waals surface area (Å²) in [6.07, 6.45) is -1.02. The van der Waals surface area contributed by atoms with E-state index < -0.39 is 17.4 Å². The minimum Gasteiger partial charge on any atom is -0.508 e. The van der Waals surface area contributed by atoms with E-state index >= 15 is 0 Å². The van der Waals surface area contributed by atoms with Crippen LogP contribution in [0.25, 0.3) is 0 Å². The highest BCUT2D eigenvalue weighted by Crippen LogP contribution is 2.48. The molecule has 2 aromatic carbocycles. The molecule has 0 saturated carbocycles. The Morgan fingerprint density at radius 3 is 2.30 bits per heavy atom. The van der Waals surface area contributed by atoms with Gasteiger partial charge in [-0.25, -0.2) is 0 Å². The van der Waals surface area contributed by atoms with E-state index in [4.69, 9.17) is 4.74 Å². The normalized spacial score (nSPS) is 26.3. The Labute approximate surface area is 134 Å². The lowest BCUT2D eigenvalue weighted by Gasteiger charge is -2.44. The van der Waals surface area contributed by atoms with Crippen LogP contribution < -0.4 is 4.74 Å². The molecule has 23 heavy (non-hydrogen) atoms. The smallest absolute Gasteiger partial charge is 0.168 e. The van der Waals surface area contributed by atoms with Crippen molar-refractivity contribution in [2.24, 2.45) is 0 Å². The van der Waals surface area contributed by atoms with E-state index in [0.717, 1.165) is 0 Å². The fourth-order valence-electron chi connectivity index (χ4n) is 3.13. The number of hydrogen-bond donors (Lipinski definition) is 5. The molecule has 0 saturated heterocycles. The number of phenols is 4. The van der Waals surface area contributed by atoms with Gasteiger partial charge in [0.25, 0.3) is 0 Å². The van der Waals surface area contributed by atoms with Crippen LogP contribution in [-0.2, 0) is 5.50 Å². The maximum absolute atomic E-state index is 10.7. The zero-order valence-electron chi connectivity index (χ0n) is 12.7. The SMILES string of the molecule is BC1c2c(O)cc(O)cc2O[C@](B)(c2ccc(O)c(O)c2)[C@@H]1O. The van der Waals surface area contributed by atoms with Crippen LogP contribution in [0.2, 0.25) is 0 Å². The van der Waals surface area contributed by atoms with Crippen molar-refractivity contribution in [1.82, 2.24) is 0 Å². The quantitative estimate of drug-likeness (QED) is 0.356. The number of aliphatic hydroxyl groups excluding tert-OH is 1. The molecule has 1 unspecified atom stereocenters. The van der Waals surface area contributed by atoms with E-state index in [2.05, 4.69) is 0 Å². The van der Waals surface area contributed by atoms with Crippen LogP contribution in [-0.4, -0.2) is 47.3 Å². The summed E-state index contributed by atoms with van der Waals surface area (Å²) in [4.78, 5) is 0. The average Bonchev–Trinajstić information content (AvgIpc) is 2.46. The first-order valence-electron chi connectivity index (χ1n) is 7.19. The Bertz CT molecular complexity index is 781. The molecule has 3 atom stereocenters. The van der Waals surface area contributed by atoms with E-state index in [1.807, 2.05) is 0 Å². The minimum atomic E-state index is -1.22. The molecule has 0 aliphatic carbocycles. The fourth-order valence-corrected chi connectivity index (χ4v) is 3.13. The van der Waals surface area contributed by atoms with E-state index in [9.17, 15) is 25.5 Å². The van der Waals surface area contributed by atoms with E-state index in [0.29, 0.717) is 11.1 Å². The lowest BCUT2D eigenvalue weighted by atomic mass is 9.60. The van der Waals surface area contributed by atoms with Crippen molar-refractivity contribution in [2.75, 3.05) is 0 Å². The second-order valence-electron chi connectivity index (χ2n) is 6.02. The lowest BCUT2D eigenvalue weighted by Crippen LogP contribution is -2.51. The van der Waals surface area contributed by atoms with Gasteiger partial charge in [-0.2, -0.15) is 0 Å². The number of benzene rings is 2. The maximum atomic E-state index is 10.7. The van der Waals surface area contributed by atoms with Gasteiger partial charge in [0.15, 0.2) is 19.3 Å². The maximum Gasteiger partial charge on any atom is 0.168 e. The summed E-state index contributed by atoms with van der Waals surface area (Å²) >= 11 is 0. The van der Waals surface area contributed by atoms with E-state index in [1.54, 1.807) is 21.8 Å². The Balaban J connectivity index is 2.15. The molecule has 1 aliphatic heterocycles. The molecule has 8 heteroatoms. The Hall–Kier alpha value is -2.47. The van der Waals surface area contributed by atoms with Crippen molar-refractivity contribution in [2.45, 2.75) is 17.4 Å². The van der Waals surface area contributed by atoms with Crippen molar-refractivity contribution >= 4 is 15.7 Å². The molecule has 1 heterocycles. The summed E-state index contributed by atoms with van der Waals surface area (Å²) in [7, 11) is 3.38. The Kier molecular flexibility index (Phi) is 3.37. The number of aromatic hydroxyl groups is 4. The largest absolute Gasteiger partial charge is 0.508 e. The first kappa shape index (κ1) is 15.4. The monoisotopic (exact) mass is 314 g/mol. The summed E-state index contributed by atoms with van der Waals surface area (Å²) in [5, 5.41) is 49.6. The van der Waals surface area contributed by atoms with Crippen LogP contribution in [0.1, 0.15) is 16.9 Å². The molecule has 0 bridgehead atoms. The number of ether oxygens (including phenoxy) is 1. The van der Waals surface area contributed by atoms with Crippen LogP contribution in [0.4, 0.5) is 0 Å². The summed E-state index contributed by atoms with van der Waals surface area (Å²) in [5.41, 5.74) is -0.353. The van der Waals surface area contributed by atoms with Crippen LogP contribution in [0.5, 0.6) is 28.7 Å². The van der Waals surface area contributed by atoms with Gasteiger partial charge < -0.3 is 30.3 Å². The molecule has 0 radical (unpaired) electrons. The van der Waals surface area contributed by atoms with E-state index in [-0.39, 0.29) is 28.7 Å². The zero-order chi connectivity index (χ0) is 16.9. The van der Waals surface area contributed by atoms with Crippen molar-refractivity contribution < 1.29 is 30.3 Å². The highest BCUT2D eigenvalue weighted by molar-refractivity contribution is 6.19. The molecule has 3 rings (SSSR count). The molecule has 5 N–H and O–H groups in total. The molecular formula is C15H16B2O6. The van der Waals surface area contributed by atoms with Crippen molar-refractivity contribution in [3.05, 3.63) is 41.5 Å². The molecule has 0 spiro atoms. The zero-order valence-corrected chi connectivity index (χ0v) is 12.7. The third kappa shape index (κ3) is 2.26. The molecule has 0 aromatic heterocycles. The minimum absolute atomic E-state index is 0.151. The van der Waals surface area contributed by atoms with Crippen molar-refractivity contribution in [1.29, 1.82) is 0 Å². The van der Waals surface area contributed by atoms with Gasteiger partial charge >= 0.3 is 0 Å². The number of fused-ring (bicyclic) bond motifs is 1. The van der Waals surface area contributed by atoms with Gasteiger partial charge in [0.05, 0.1) is 6.10 Å². The second-order valence-corrected chi connectivity index (χ2v) is 6.02. The van der Waals surface area contributed by atoms with Crippen LogP contribution >= 0.6 is 0 Å². The number of phenolic OH excluding ortho intramolecular Hbond substituents is 4. The van der Waals surface area contributed by atoms with Crippen LogP contribution in [0.15, 0.2) is 30.3 Å². The van der Waals surface area contributed by atoms with Crippen molar-refractivity contribution in [3.63, 3.8) is 0 Å². The van der Waals surface area contributed by atoms with Gasteiger partial charge in [-0.05, 0) is 23.5 Å². The van der Waals surface area contributed by atoms with Gasteiger partial charge in [0.2, 0.25) is 0 Å². The number of aliphatic hydroxyl groups is 1. The van der Waals surface area contributed by atoms with Crippen LogP contribution in [0, 0.1) is 0 Å². The molecule has 118 valence electrons. The van der Waals surface area contributed by atoms with Gasteiger partial charge in [0, 0.05) is 17.7 Å². The highest BCUT2D eigenvalue weighted by atomic mass is 16.5. The molecule has 6 nitrogen and oxygen atoms in total. The molecule has 2 aromatic rings. The summed E-state index contributed by atoms with van der Waals surface area (Å²) in [5.74, 6) is -1.11. The highest BCUT2D eigenvalue weighted by Gasteiger charge is 2.46. The molecule has 1 aliphatic rings. The first-order chi connectivity index (χ1) is 10.7. The first-order valence-corrected chi connectivity index (χ1v) is 7.19. The summed E-state index contributed by atoms with van der Waals surface area (Å²) in [6, 6.07) is 6.74. The van der Waals surface area contributed by atoms with Crippen LogP contribution in [0.3, 0.4) is 0 Å². The van der Waals surface area contributed by atoms with Gasteiger partial charge in [0.1, 0.15) is 30.6 Å². The van der Waals surface area contributed by atoms with Gasteiger partial charge in [-0.3, -0.25) is 0 Å². The van der Waals surface area contributed by atoms with E-state index in [1.165, 1.54) is 24.3 Å². The number of hydrogen-bond acceptors (Lipinski definition) is 6. The predicted octanol–water partition coefficient (Wildman–Crippen LogP) is -0.577. The Morgan fingerprint density at radius 2 is 1.65 bits per heavy atom. The predicted molar refractivity (Wildman–Crippen MR) is 87.7 cm³/mol. The Morgan fingerprint density at radius 1 is 0.957 bits per heavy atom. The number of rotatable bonds is 1. The summed E-state index contributed by atoms with van der Waals surface area (Å²) in [6.45, 7) is 0. The third-order valence-electron chi connectivity index (χ3n) is 4.47. The second kappa shape index (κ2) is 5.03. The fraction of sp³-hybridized carbons (Fsp3) is 0.200. The standard InChI is InChI=1S/C15H16B2O6/c16-13-12-10(21)4-7(18)5-11(12)23-15(17,14(13)22)6-1-2-8(19)9(20)3-6/h1-5,13-14,18-22H,16-17H2/t13?,14-,15-/m1/s1. The molecular weight excluding hydrogens is 298 g/mol. The molecule has 0 amide bonds. The topological polar surface area (TPSA) is 110 Å². The third-order valence-corrected chi connectivity index (χ3v) is 4.47. The molecule has 0 fully saturated rings. The summed E-state index contributed by atoms with van der Waals surface area (Å²) < 4.78 is 5.88.